The van der Waals surface area contributed by atoms with Crippen LogP contribution in [0.1, 0.15) is 20.8 Å². The molecule has 0 aliphatic rings. The van der Waals surface area contributed by atoms with Gasteiger partial charge in [0.15, 0.2) is 0 Å². The molecule has 0 heterocycles. The first-order valence-corrected chi connectivity index (χ1v) is 4.28. The fourth-order valence-corrected chi connectivity index (χ4v) is 0.534. The lowest BCUT2D eigenvalue weighted by molar-refractivity contribution is 0.841. The molecule has 0 unspecified atom stereocenters. The zero-order chi connectivity index (χ0) is 10.1. The van der Waals surface area contributed by atoms with Crippen molar-refractivity contribution in [3.05, 3.63) is 36.6 Å². The van der Waals surface area contributed by atoms with Crippen LogP contribution in [0, 0.1) is 0 Å². The third-order valence-corrected chi connectivity index (χ3v) is 1.13. The summed E-state index contributed by atoms with van der Waals surface area (Å²) in [7, 11) is 0. The van der Waals surface area contributed by atoms with E-state index in [0.29, 0.717) is 0 Å². The Bertz CT molecular complexity index is 264. The minimum atomic E-state index is 0.250. The fraction of sp³-hybridized carbons (Fsp3) is 0.364. The first-order valence-electron chi connectivity index (χ1n) is 4.28. The second kappa shape index (κ2) is 7.26. The highest BCUT2D eigenvalue weighted by Gasteiger charge is 1.81. The van der Waals surface area contributed by atoms with E-state index < -0.39 is 0 Å². The predicted molar refractivity (Wildman–Crippen MR) is 58.1 cm³/mol. The Morgan fingerprint density at radius 1 is 1.38 bits per heavy atom. The monoisotopic (exact) mass is 176 g/mol. The standard InChI is InChI=1S/C11H16N2/c1-5-6-7-8-11(4)13-9-12-10(2)3/h5-8,10H,1H2,2-4H3/b7-6-,11-8+. The number of allylic oxidation sites excluding steroid dienone is 5. The van der Waals surface area contributed by atoms with Crippen LogP contribution in [-0.2, 0) is 0 Å². The van der Waals surface area contributed by atoms with Crippen molar-refractivity contribution in [2.24, 2.45) is 9.98 Å². The summed E-state index contributed by atoms with van der Waals surface area (Å²) in [4.78, 5) is 7.99. The summed E-state index contributed by atoms with van der Waals surface area (Å²) in [5, 5.41) is 0. The second-order valence-electron chi connectivity index (χ2n) is 2.86. The van der Waals surface area contributed by atoms with Crippen LogP contribution in [0.4, 0.5) is 0 Å². The average Bonchev–Trinajstić information content (AvgIpc) is 2.04. The highest BCUT2D eigenvalue weighted by atomic mass is 14.8. The Hall–Kier alpha value is -1.40. The molecule has 0 spiro atoms. The van der Waals surface area contributed by atoms with Crippen LogP contribution in [0.15, 0.2) is 46.6 Å². The van der Waals surface area contributed by atoms with Crippen LogP contribution in [0.5, 0.6) is 0 Å². The van der Waals surface area contributed by atoms with Gasteiger partial charge in [-0.1, -0.05) is 24.8 Å². The van der Waals surface area contributed by atoms with Gasteiger partial charge in [0.25, 0.3) is 0 Å². The van der Waals surface area contributed by atoms with Gasteiger partial charge in [0.05, 0.1) is 12.1 Å². The minimum absolute atomic E-state index is 0.250. The zero-order valence-corrected chi connectivity index (χ0v) is 8.49. The molecule has 0 aromatic heterocycles. The Labute approximate surface area is 80.1 Å². The van der Waals surface area contributed by atoms with E-state index in [1.165, 1.54) is 0 Å². The number of rotatable bonds is 4. The first-order chi connectivity index (χ1) is 6.16. The van der Waals surface area contributed by atoms with Crippen molar-refractivity contribution in [2.75, 3.05) is 0 Å². The smallest absolute Gasteiger partial charge is 0.0948 e. The Morgan fingerprint density at radius 2 is 2.08 bits per heavy atom. The van der Waals surface area contributed by atoms with Crippen LogP contribution in [-0.4, -0.2) is 12.1 Å². The van der Waals surface area contributed by atoms with Gasteiger partial charge in [0.1, 0.15) is 0 Å². The summed E-state index contributed by atoms with van der Waals surface area (Å²) >= 11 is 0. The van der Waals surface area contributed by atoms with E-state index in [-0.39, 0.29) is 6.04 Å². The quantitative estimate of drug-likeness (QED) is 0.464. The summed E-state index contributed by atoms with van der Waals surface area (Å²) < 4.78 is 0. The molecule has 0 aliphatic carbocycles. The van der Waals surface area contributed by atoms with Crippen molar-refractivity contribution in [2.45, 2.75) is 26.8 Å². The van der Waals surface area contributed by atoms with Gasteiger partial charge in [-0.3, -0.25) is 0 Å². The number of nitrogens with zero attached hydrogens (tertiary/aromatic N) is 2. The van der Waals surface area contributed by atoms with Gasteiger partial charge in [-0.15, -0.1) is 0 Å². The molecule has 0 rings (SSSR count). The highest BCUT2D eigenvalue weighted by Crippen LogP contribution is 1.93. The molecule has 0 saturated carbocycles. The Balaban J connectivity index is 4.20. The van der Waals surface area contributed by atoms with Crippen LogP contribution in [0.3, 0.4) is 0 Å². The maximum atomic E-state index is 4.00. The largest absolute Gasteiger partial charge is 0.223 e. The SMILES string of the molecule is C=C/C=C\C=C(/C)N=C=NC(C)C. The highest BCUT2D eigenvalue weighted by molar-refractivity contribution is 5.44. The molecule has 2 heteroatoms. The van der Waals surface area contributed by atoms with Gasteiger partial charge in [-0.05, 0) is 26.8 Å². The summed E-state index contributed by atoms with van der Waals surface area (Å²) in [6.45, 7) is 9.43. The second-order valence-corrected chi connectivity index (χ2v) is 2.86. The van der Waals surface area contributed by atoms with E-state index >= 15 is 0 Å². The molecule has 13 heavy (non-hydrogen) atoms. The summed E-state index contributed by atoms with van der Waals surface area (Å²) in [6, 6.07) is 2.88. The molecule has 0 amide bonds. The van der Waals surface area contributed by atoms with Crippen molar-refractivity contribution in [3.8, 4) is 0 Å². The van der Waals surface area contributed by atoms with E-state index in [4.69, 9.17) is 0 Å². The molecule has 0 bridgehead atoms. The Morgan fingerprint density at radius 3 is 2.62 bits per heavy atom. The number of hydrogen-bond acceptors (Lipinski definition) is 2. The van der Waals surface area contributed by atoms with Crippen LogP contribution in [0.25, 0.3) is 0 Å². The summed E-state index contributed by atoms with van der Waals surface area (Å²) in [5.74, 6) is 0. The molecule has 0 atom stereocenters. The van der Waals surface area contributed by atoms with Gasteiger partial charge in [-0.2, -0.15) is 4.99 Å². The van der Waals surface area contributed by atoms with Crippen molar-refractivity contribution in [1.29, 1.82) is 0 Å². The first kappa shape index (κ1) is 11.6. The number of aliphatic imine (C=N–C) groups is 2. The van der Waals surface area contributed by atoms with Gasteiger partial charge in [0, 0.05) is 5.70 Å². The molecule has 0 radical (unpaired) electrons. The maximum absolute atomic E-state index is 4.00. The van der Waals surface area contributed by atoms with E-state index in [1.807, 2.05) is 39.0 Å². The third-order valence-electron chi connectivity index (χ3n) is 1.13. The summed E-state index contributed by atoms with van der Waals surface area (Å²) in [6.07, 6.45) is 7.32. The average molecular weight is 176 g/mol. The molecule has 0 N–H and O–H groups in total. The fourth-order valence-electron chi connectivity index (χ4n) is 0.534. The van der Waals surface area contributed by atoms with Gasteiger partial charge < -0.3 is 0 Å². The molecule has 2 nitrogen and oxygen atoms in total. The summed E-state index contributed by atoms with van der Waals surface area (Å²) in [5.41, 5.74) is 0.877. The van der Waals surface area contributed by atoms with Crippen LogP contribution in [0.2, 0.25) is 0 Å². The van der Waals surface area contributed by atoms with Gasteiger partial charge >= 0.3 is 0 Å². The molecular formula is C11H16N2. The molecule has 0 fully saturated rings. The van der Waals surface area contributed by atoms with Crippen LogP contribution < -0.4 is 0 Å². The molecule has 0 aromatic rings. The minimum Gasteiger partial charge on any atom is -0.223 e. The van der Waals surface area contributed by atoms with E-state index in [1.54, 1.807) is 6.08 Å². The normalized spacial score (nSPS) is 11.5. The number of hydrogen-bond donors (Lipinski definition) is 0. The maximum Gasteiger partial charge on any atom is 0.0948 e. The van der Waals surface area contributed by atoms with Gasteiger partial charge in [-0.25, -0.2) is 4.99 Å². The third kappa shape index (κ3) is 8.51. The zero-order valence-electron chi connectivity index (χ0n) is 8.49. The van der Waals surface area contributed by atoms with Crippen molar-refractivity contribution < 1.29 is 0 Å². The van der Waals surface area contributed by atoms with Gasteiger partial charge in [0.2, 0.25) is 0 Å². The van der Waals surface area contributed by atoms with Crippen molar-refractivity contribution >= 4 is 6.01 Å². The molecule has 70 valence electrons. The predicted octanol–water partition coefficient (Wildman–Crippen LogP) is 3.21. The molecule has 0 aliphatic heterocycles. The van der Waals surface area contributed by atoms with E-state index in [0.717, 1.165) is 5.70 Å². The van der Waals surface area contributed by atoms with E-state index in [9.17, 15) is 0 Å². The van der Waals surface area contributed by atoms with Crippen molar-refractivity contribution in [3.63, 3.8) is 0 Å². The van der Waals surface area contributed by atoms with Crippen molar-refractivity contribution in [1.82, 2.24) is 0 Å². The lowest BCUT2D eigenvalue weighted by Gasteiger charge is -1.87. The lowest BCUT2D eigenvalue weighted by atomic mass is 10.4. The topological polar surface area (TPSA) is 24.7 Å². The lowest BCUT2D eigenvalue weighted by Crippen LogP contribution is -1.84. The molecule has 0 aromatic carbocycles. The molecule has 0 saturated heterocycles. The van der Waals surface area contributed by atoms with E-state index in [2.05, 4.69) is 22.6 Å². The Kier molecular flexibility index (Phi) is 6.48. The van der Waals surface area contributed by atoms with Crippen LogP contribution >= 0.6 is 0 Å². The molecular weight excluding hydrogens is 160 g/mol.